The summed E-state index contributed by atoms with van der Waals surface area (Å²) in [6, 6.07) is 4.35. The van der Waals surface area contributed by atoms with Crippen molar-refractivity contribution in [1.82, 2.24) is 5.32 Å². The van der Waals surface area contributed by atoms with Crippen LogP contribution in [0.5, 0.6) is 0 Å². The number of morpholine rings is 1. The first-order valence-corrected chi connectivity index (χ1v) is 7.23. The highest BCUT2D eigenvalue weighted by Gasteiger charge is 2.34. The van der Waals surface area contributed by atoms with Crippen LogP contribution in [0.25, 0.3) is 0 Å². The summed E-state index contributed by atoms with van der Waals surface area (Å²) in [6.45, 7) is 0.998. The van der Waals surface area contributed by atoms with E-state index in [0.29, 0.717) is 24.4 Å². The van der Waals surface area contributed by atoms with Crippen LogP contribution in [0.15, 0.2) is 18.2 Å². The van der Waals surface area contributed by atoms with Crippen molar-refractivity contribution in [2.24, 2.45) is 0 Å². The van der Waals surface area contributed by atoms with Crippen molar-refractivity contribution in [2.45, 2.75) is 31.5 Å². The fourth-order valence-electron chi connectivity index (χ4n) is 2.52. The number of carbonyl (C=O) groups is 1. The Labute approximate surface area is 122 Å². The van der Waals surface area contributed by atoms with E-state index in [1.54, 1.807) is 17.0 Å². The van der Waals surface area contributed by atoms with Gasteiger partial charge in [-0.2, -0.15) is 0 Å². The number of nitrogens with one attached hydrogen (secondary N) is 1. The van der Waals surface area contributed by atoms with Gasteiger partial charge in [-0.05, 0) is 30.5 Å². The molecule has 21 heavy (non-hydrogen) atoms. The predicted molar refractivity (Wildman–Crippen MR) is 75.4 cm³/mol. The van der Waals surface area contributed by atoms with Crippen molar-refractivity contribution < 1.29 is 19.0 Å². The minimum absolute atomic E-state index is 0.108. The van der Waals surface area contributed by atoms with Crippen LogP contribution >= 0.6 is 0 Å². The lowest BCUT2D eigenvalue weighted by Gasteiger charge is -2.36. The highest BCUT2D eigenvalue weighted by molar-refractivity contribution is 5.86. The van der Waals surface area contributed by atoms with Crippen LogP contribution in [0.3, 0.4) is 0 Å². The second-order valence-corrected chi connectivity index (χ2v) is 5.51. The van der Waals surface area contributed by atoms with Crippen molar-refractivity contribution in [3.63, 3.8) is 0 Å². The molecular formula is C15H19FN2O3. The van der Waals surface area contributed by atoms with Crippen LogP contribution in [-0.4, -0.2) is 42.9 Å². The molecule has 1 aromatic carbocycles. The van der Waals surface area contributed by atoms with Crippen molar-refractivity contribution in [2.75, 3.05) is 24.7 Å². The van der Waals surface area contributed by atoms with E-state index in [0.717, 1.165) is 12.8 Å². The van der Waals surface area contributed by atoms with E-state index < -0.39 is 11.9 Å². The second-order valence-electron chi connectivity index (χ2n) is 5.51. The number of amides is 1. The maximum atomic E-state index is 14.2. The van der Waals surface area contributed by atoms with E-state index in [-0.39, 0.29) is 25.2 Å². The molecule has 0 spiro atoms. The van der Waals surface area contributed by atoms with Gasteiger partial charge < -0.3 is 20.1 Å². The van der Waals surface area contributed by atoms with Gasteiger partial charge in [-0.15, -0.1) is 0 Å². The van der Waals surface area contributed by atoms with Gasteiger partial charge in [0.05, 0.1) is 25.5 Å². The summed E-state index contributed by atoms with van der Waals surface area (Å²) in [4.78, 5) is 14.0. The number of aliphatic hydroxyl groups is 1. The van der Waals surface area contributed by atoms with E-state index >= 15 is 0 Å². The summed E-state index contributed by atoms with van der Waals surface area (Å²) in [7, 11) is 0. The van der Waals surface area contributed by atoms with Crippen LogP contribution in [0.1, 0.15) is 18.4 Å². The number of ether oxygens (including phenoxy) is 1. The summed E-state index contributed by atoms with van der Waals surface area (Å²) in [6.07, 6.45) is 2.03. The molecule has 0 aromatic heterocycles. The van der Waals surface area contributed by atoms with Crippen LogP contribution in [0.4, 0.5) is 10.1 Å². The molecule has 6 heteroatoms. The highest BCUT2D eigenvalue weighted by atomic mass is 19.1. The van der Waals surface area contributed by atoms with Crippen LogP contribution in [0, 0.1) is 5.82 Å². The Balaban J connectivity index is 1.81. The third-order valence-electron chi connectivity index (χ3n) is 3.86. The SMILES string of the molecule is O=C(NC1CC1)C1COCCN1c1ccc(CO)cc1F. The summed E-state index contributed by atoms with van der Waals surface area (Å²) in [5.41, 5.74) is 0.898. The first-order chi connectivity index (χ1) is 10.2. The average Bonchev–Trinajstić information content (AvgIpc) is 3.31. The molecule has 3 rings (SSSR count). The van der Waals surface area contributed by atoms with E-state index in [9.17, 15) is 9.18 Å². The molecule has 1 saturated heterocycles. The number of hydrogen-bond donors (Lipinski definition) is 2. The van der Waals surface area contributed by atoms with Crippen LogP contribution < -0.4 is 10.2 Å². The largest absolute Gasteiger partial charge is 0.392 e. The first kappa shape index (κ1) is 14.3. The summed E-state index contributed by atoms with van der Waals surface area (Å²) in [5.74, 6) is -0.532. The number of anilines is 1. The number of benzene rings is 1. The zero-order valence-electron chi connectivity index (χ0n) is 11.7. The molecular weight excluding hydrogens is 275 g/mol. The molecule has 1 heterocycles. The van der Waals surface area contributed by atoms with Crippen LogP contribution in [-0.2, 0) is 16.1 Å². The minimum atomic E-state index is -0.506. The first-order valence-electron chi connectivity index (χ1n) is 7.23. The van der Waals surface area contributed by atoms with E-state index in [2.05, 4.69) is 5.32 Å². The smallest absolute Gasteiger partial charge is 0.245 e. The third-order valence-corrected chi connectivity index (χ3v) is 3.86. The van der Waals surface area contributed by atoms with Gasteiger partial charge in [0.2, 0.25) is 5.91 Å². The quantitative estimate of drug-likeness (QED) is 0.862. The highest BCUT2D eigenvalue weighted by Crippen LogP contribution is 2.26. The maximum absolute atomic E-state index is 14.2. The Kier molecular flexibility index (Phi) is 4.07. The molecule has 0 bridgehead atoms. The van der Waals surface area contributed by atoms with Gasteiger partial charge in [-0.3, -0.25) is 4.79 Å². The molecule has 114 valence electrons. The normalized spacial score (nSPS) is 22.2. The van der Waals surface area contributed by atoms with E-state index in [4.69, 9.17) is 9.84 Å². The molecule has 2 N–H and O–H groups in total. The standard InChI is InChI=1S/C15H19FN2O3/c16-12-7-10(8-19)1-4-13(12)18-5-6-21-9-14(18)15(20)17-11-2-3-11/h1,4,7,11,14,19H,2-3,5-6,8-9H2,(H,17,20). The van der Waals surface area contributed by atoms with E-state index in [1.165, 1.54) is 6.07 Å². The Morgan fingerprint density at radius 3 is 2.95 bits per heavy atom. The number of aliphatic hydroxyl groups excluding tert-OH is 1. The zero-order chi connectivity index (χ0) is 14.8. The van der Waals surface area contributed by atoms with Crippen molar-refractivity contribution in [1.29, 1.82) is 0 Å². The molecule has 1 aliphatic carbocycles. The number of carbonyl (C=O) groups excluding carboxylic acids is 1. The lowest BCUT2D eigenvalue weighted by molar-refractivity contribution is -0.124. The number of rotatable bonds is 4. The third kappa shape index (κ3) is 3.16. The molecule has 1 amide bonds. The van der Waals surface area contributed by atoms with Gasteiger partial charge in [0, 0.05) is 12.6 Å². The summed E-state index contributed by atoms with van der Waals surface area (Å²) in [5, 5.41) is 12.0. The summed E-state index contributed by atoms with van der Waals surface area (Å²) >= 11 is 0. The fraction of sp³-hybridized carbons (Fsp3) is 0.533. The average molecular weight is 294 g/mol. The fourth-order valence-corrected chi connectivity index (χ4v) is 2.52. The Hall–Kier alpha value is -1.66. The Morgan fingerprint density at radius 1 is 1.48 bits per heavy atom. The summed E-state index contributed by atoms with van der Waals surface area (Å²) < 4.78 is 19.6. The molecule has 1 aliphatic heterocycles. The van der Waals surface area contributed by atoms with Gasteiger partial charge in [0.1, 0.15) is 11.9 Å². The molecule has 2 fully saturated rings. The van der Waals surface area contributed by atoms with Crippen molar-refractivity contribution >= 4 is 11.6 Å². The van der Waals surface area contributed by atoms with Gasteiger partial charge in [0.15, 0.2) is 0 Å². The van der Waals surface area contributed by atoms with Crippen LogP contribution in [0.2, 0.25) is 0 Å². The predicted octanol–water partition coefficient (Wildman–Crippen LogP) is 0.802. The van der Waals surface area contributed by atoms with Crippen molar-refractivity contribution in [3.05, 3.63) is 29.6 Å². The lowest BCUT2D eigenvalue weighted by atomic mass is 10.1. The number of nitrogens with zero attached hydrogens (tertiary/aromatic N) is 1. The topological polar surface area (TPSA) is 61.8 Å². The molecule has 0 radical (unpaired) electrons. The van der Waals surface area contributed by atoms with Crippen molar-refractivity contribution in [3.8, 4) is 0 Å². The lowest BCUT2D eigenvalue weighted by Crippen LogP contribution is -2.54. The number of halogens is 1. The van der Waals surface area contributed by atoms with Gasteiger partial charge in [-0.1, -0.05) is 6.07 Å². The minimum Gasteiger partial charge on any atom is -0.392 e. The molecule has 5 nitrogen and oxygen atoms in total. The van der Waals surface area contributed by atoms with Gasteiger partial charge in [-0.25, -0.2) is 4.39 Å². The molecule has 1 aromatic rings. The molecule has 1 atom stereocenters. The maximum Gasteiger partial charge on any atom is 0.245 e. The Bertz CT molecular complexity index is 534. The Morgan fingerprint density at radius 2 is 2.29 bits per heavy atom. The van der Waals surface area contributed by atoms with Gasteiger partial charge in [0.25, 0.3) is 0 Å². The second kappa shape index (κ2) is 5.99. The zero-order valence-corrected chi connectivity index (χ0v) is 11.7. The van der Waals surface area contributed by atoms with Gasteiger partial charge >= 0.3 is 0 Å². The molecule has 1 unspecified atom stereocenters. The molecule has 2 aliphatic rings. The van der Waals surface area contributed by atoms with E-state index in [1.807, 2.05) is 0 Å². The number of hydrogen-bond acceptors (Lipinski definition) is 4. The monoisotopic (exact) mass is 294 g/mol. The molecule has 1 saturated carbocycles.